The zero-order chi connectivity index (χ0) is 7.56. The van der Waals surface area contributed by atoms with Crippen molar-refractivity contribution in [2.24, 2.45) is 0 Å². The topological polar surface area (TPSA) is 0 Å². The lowest BCUT2D eigenvalue weighted by atomic mass is 10.2. The van der Waals surface area contributed by atoms with Gasteiger partial charge in [0, 0.05) is 4.91 Å². The van der Waals surface area contributed by atoms with Crippen LogP contribution in [0.3, 0.4) is 0 Å². The largest absolute Gasteiger partial charge is 0.0952 e. The van der Waals surface area contributed by atoms with Crippen LogP contribution in [0.2, 0.25) is 0 Å². The Balaban J connectivity index is 2.87. The lowest BCUT2D eigenvalue weighted by Gasteiger charge is -2.08. The minimum Gasteiger partial charge on any atom is -0.0952 e. The molecule has 0 bridgehead atoms. The van der Waals surface area contributed by atoms with Crippen molar-refractivity contribution >= 4 is 11.8 Å². The highest BCUT2D eigenvalue weighted by molar-refractivity contribution is 8.06. The summed E-state index contributed by atoms with van der Waals surface area (Å²) in [5.74, 6) is 0. The Labute approximate surface area is 66.7 Å². The first-order valence-corrected chi connectivity index (χ1v) is 4.25. The average molecular weight is 152 g/mol. The summed E-state index contributed by atoms with van der Waals surface area (Å²) in [5, 5.41) is 0. The van der Waals surface area contributed by atoms with Crippen molar-refractivity contribution in [3.8, 4) is 0 Å². The molecule has 1 heterocycles. The van der Waals surface area contributed by atoms with Crippen molar-refractivity contribution in [2.45, 2.75) is 20.8 Å². The van der Waals surface area contributed by atoms with E-state index in [-0.39, 0.29) is 0 Å². The molecule has 0 saturated heterocycles. The summed E-state index contributed by atoms with van der Waals surface area (Å²) < 4.78 is 0. The van der Waals surface area contributed by atoms with Crippen molar-refractivity contribution in [2.75, 3.05) is 0 Å². The van der Waals surface area contributed by atoms with Gasteiger partial charge >= 0.3 is 0 Å². The SMILES string of the molecule is CC=C1C=C(C)C=C(C)S1. The first-order valence-electron chi connectivity index (χ1n) is 3.43. The van der Waals surface area contributed by atoms with Gasteiger partial charge in [-0.1, -0.05) is 17.8 Å². The van der Waals surface area contributed by atoms with Crippen molar-refractivity contribution in [1.29, 1.82) is 0 Å². The highest BCUT2D eigenvalue weighted by atomic mass is 32.2. The van der Waals surface area contributed by atoms with Crippen molar-refractivity contribution in [3.63, 3.8) is 0 Å². The first-order chi connectivity index (χ1) is 4.72. The van der Waals surface area contributed by atoms with Gasteiger partial charge in [0.25, 0.3) is 0 Å². The predicted octanol–water partition coefficient (Wildman–Crippen LogP) is 3.49. The van der Waals surface area contributed by atoms with E-state index in [0.717, 1.165) is 0 Å². The summed E-state index contributed by atoms with van der Waals surface area (Å²) in [6, 6.07) is 0. The van der Waals surface area contributed by atoms with Gasteiger partial charge in [0.05, 0.1) is 0 Å². The molecule has 0 fully saturated rings. The van der Waals surface area contributed by atoms with E-state index in [1.807, 2.05) is 11.8 Å². The van der Waals surface area contributed by atoms with Gasteiger partial charge in [-0.15, -0.1) is 0 Å². The molecule has 1 heteroatoms. The third-order valence-corrected chi connectivity index (χ3v) is 2.39. The van der Waals surface area contributed by atoms with Crippen LogP contribution in [0.25, 0.3) is 0 Å². The number of rotatable bonds is 0. The van der Waals surface area contributed by atoms with Gasteiger partial charge in [0.15, 0.2) is 0 Å². The molecule has 0 aromatic rings. The van der Waals surface area contributed by atoms with Gasteiger partial charge in [-0.3, -0.25) is 0 Å². The molecule has 0 atom stereocenters. The second-order valence-corrected chi connectivity index (χ2v) is 3.76. The lowest BCUT2D eigenvalue weighted by molar-refractivity contribution is 1.46. The molecule has 0 aliphatic carbocycles. The van der Waals surface area contributed by atoms with Gasteiger partial charge in [0.1, 0.15) is 0 Å². The molecule has 1 aliphatic heterocycles. The Morgan fingerprint density at radius 2 is 2.00 bits per heavy atom. The van der Waals surface area contributed by atoms with Crippen LogP contribution in [0.5, 0.6) is 0 Å². The Morgan fingerprint density at radius 3 is 2.50 bits per heavy atom. The molecule has 0 aromatic heterocycles. The summed E-state index contributed by atoms with van der Waals surface area (Å²) in [6.07, 6.45) is 6.56. The monoisotopic (exact) mass is 152 g/mol. The summed E-state index contributed by atoms with van der Waals surface area (Å²) >= 11 is 1.84. The van der Waals surface area contributed by atoms with Gasteiger partial charge in [-0.2, -0.15) is 0 Å². The molecule has 1 aliphatic rings. The van der Waals surface area contributed by atoms with Crippen molar-refractivity contribution < 1.29 is 0 Å². The normalized spacial score (nSPS) is 22.5. The van der Waals surface area contributed by atoms with Crippen LogP contribution in [0.4, 0.5) is 0 Å². The summed E-state index contributed by atoms with van der Waals surface area (Å²) in [5.41, 5.74) is 1.35. The number of hydrogen-bond donors (Lipinski definition) is 0. The summed E-state index contributed by atoms with van der Waals surface area (Å²) in [6.45, 7) is 6.35. The highest BCUT2D eigenvalue weighted by Gasteiger charge is 2.01. The van der Waals surface area contributed by atoms with Crippen molar-refractivity contribution in [1.82, 2.24) is 0 Å². The summed E-state index contributed by atoms with van der Waals surface area (Å²) in [4.78, 5) is 2.74. The minimum atomic E-state index is 1.35. The standard InChI is InChI=1S/C9H12S/c1-4-9-6-7(2)5-8(3)10-9/h4-6H,1-3H3. The molecule has 0 saturated carbocycles. The minimum absolute atomic E-state index is 1.35. The molecule has 0 spiro atoms. The van der Waals surface area contributed by atoms with E-state index in [2.05, 4.69) is 39.0 Å². The third kappa shape index (κ3) is 1.77. The maximum absolute atomic E-state index is 2.21. The average Bonchev–Trinajstić information content (AvgIpc) is 1.85. The number of thioether (sulfide) groups is 1. The van der Waals surface area contributed by atoms with Crippen molar-refractivity contribution in [3.05, 3.63) is 33.6 Å². The molecular formula is C9H12S. The molecule has 0 radical (unpaired) electrons. The maximum atomic E-state index is 2.21. The van der Waals surface area contributed by atoms with Crippen LogP contribution >= 0.6 is 11.8 Å². The predicted molar refractivity (Wildman–Crippen MR) is 48.9 cm³/mol. The van der Waals surface area contributed by atoms with E-state index in [0.29, 0.717) is 0 Å². The Kier molecular flexibility index (Phi) is 2.39. The summed E-state index contributed by atoms with van der Waals surface area (Å²) in [7, 11) is 0. The molecule has 0 amide bonds. The van der Waals surface area contributed by atoms with Crippen LogP contribution in [-0.2, 0) is 0 Å². The molecule has 1 rings (SSSR count). The highest BCUT2D eigenvalue weighted by Crippen LogP contribution is 2.31. The quantitative estimate of drug-likeness (QED) is 0.512. The van der Waals surface area contributed by atoms with Crippen LogP contribution in [-0.4, -0.2) is 0 Å². The van der Waals surface area contributed by atoms with Crippen LogP contribution < -0.4 is 0 Å². The van der Waals surface area contributed by atoms with E-state index >= 15 is 0 Å². The number of hydrogen-bond acceptors (Lipinski definition) is 1. The van der Waals surface area contributed by atoms with Crippen LogP contribution in [0.15, 0.2) is 33.6 Å². The fourth-order valence-corrected chi connectivity index (χ4v) is 1.95. The zero-order valence-corrected chi connectivity index (χ0v) is 7.46. The second kappa shape index (κ2) is 3.11. The van der Waals surface area contributed by atoms with Gasteiger partial charge in [-0.25, -0.2) is 0 Å². The van der Waals surface area contributed by atoms with E-state index in [4.69, 9.17) is 0 Å². The van der Waals surface area contributed by atoms with E-state index in [9.17, 15) is 0 Å². The van der Waals surface area contributed by atoms with Gasteiger partial charge in [0.2, 0.25) is 0 Å². The van der Waals surface area contributed by atoms with Gasteiger partial charge in [-0.05, 0) is 43.4 Å². The van der Waals surface area contributed by atoms with E-state index in [1.165, 1.54) is 15.4 Å². The zero-order valence-electron chi connectivity index (χ0n) is 6.64. The lowest BCUT2D eigenvalue weighted by Crippen LogP contribution is -1.82. The van der Waals surface area contributed by atoms with Gasteiger partial charge < -0.3 is 0 Å². The first kappa shape index (κ1) is 7.67. The molecule has 10 heavy (non-hydrogen) atoms. The number of allylic oxidation sites excluding steroid dienone is 5. The molecule has 0 nitrogen and oxygen atoms in total. The van der Waals surface area contributed by atoms with E-state index < -0.39 is 0 Å². The molecule has 0 N–H and O–H groups in total. The molecular weight excluding hydrogens is 140 g/mol. The maximum Gasteiger partial charge on any atom is 0.00784 e. The van der Waals surface area contributed by atoms with Crippen LogP contribution in [0, 0.1) is 0 Å². The Morgan fingerprint density at radius 1 is 1.30 bits per heavy atom. The fraction of sp³-hybridized carbons (Fsp3) is 0.333. The molecule has 0 aromatic carbocycles. The Bertz CT molecular complexity index is 219. The Hall–Kier alpha value is -0.430. The fourth-order valence-electron chi connectivity index (χ4n) is 0.974. The molecule has 54 valence electrons. The van der Waals surface area contributed by atoms with E-state index in [1.54, 1.807) is 0 Å². The van der Waals surface area contributed by atoms with Crippen LogP contribution in [0.1, 0.15) is 20.8 Å². The second-order valence-electron chi connectivity index (χ2n) is 2.44. The third-order valence-electron chi connectivity index (χ3n) is 1.36. The molecule has 0 unspecified atom stereocenters. The smallest absolute Gasteiger partial charge is 0.00784 e.